The second-order valence-corrected chi connectivity index (χ2v) is 7.44. The molecule has 0 spiro atoms. The van der Waals surface area contributed by atoms with Gasteiger partial charge in [-0.15, -0.1) is 0 Å². The van der Waals surface area contributed by atoms with Crippen molar-refractivity contribution < 1.29 is 22.7 Å². The summed E-state index contributed by atoms with van der Waals surface area (Å²) in [5, 5.41) is 0. The van der Waals surface area contributed by atoms with Gasteiger partial charge in [-0.25, -0.2) is 13.2 Å². The maximum absolute atomic E-state index is 12.8. The summed E-state index contributed by atoms with van der Waals surface area (Å²) >= 11 is 0. The summed E-state index contributed by atoms with van der Waals surface area (Å²) in [5.41, 5.74) is 1.23. The van der Waals surface area contributed by atoms with Crippen LogP contribution in [0.15, 0.2) is 60.7 Å². The van der Waals surface area contributed by atoms with Gasteiger partial charge in [0.25, 0.3) is 4.93 Å². The monoisotopic (exact) mass is 332 g/mol. The fraction of sp³-hybridized carbons (Fsp3) is 0.235. The quantitative estimate of drug-likeness (QED) is 0.620. The molecule has 0 N–H and O–H groups in total. The van der Waals surface area contributed by atoms with E-state index in [9.17, 15) is 13.2 Å². The maximum Gasteiger partial charge on any atom is 0.357 e. The fourth-order valence-electron chi connectivity index (χ4n) is 2.62. The Balaban J connectivity index is 1.97. The van der Waals surface area contributed by atoms with Crippen LogP contribution in [0, 0.1) is 0 Å². The molecule has 1 aliphatic rings. The van der Waals surface area contributed by atoms with E-state index in [-0.39, 0.29) is 5.75 Å². The van der Waals surface area contributed by atoms with Crippen LogP contribution in [0.3, 0.4) is 0 Å². The number of rotatable bonds is 5. The van der Waals surface area contributed by atoms with Gasteiger partial charge < -0.3 is 9.47 Å². The van der Waals surface area contributed by atoms with Gasteiger partial charge in [0.1, 0.15) is 6.10 Å². The molecule has 2 atom stereocenters. The zero-order chi connectivity index (χ0) is 16.5. The van der Waals surface area contributed by atoms with Crippen molar-refractivity contribution in [2.75, 3.05) is 7.11 Å². The van der Waals surface area contributed by atoms with E-state index in [0.717, 1.165) is 7.11 Å². The Hall–Kier alpha value is -2.18. The predicted molar refractivity (Wildman–Crippen MR) is 84.1 cm³/mol. The average molecular weight is 332 g/mol. The zero-order valence-corrected chi connectivity index (χ0v) is 13.3. The number of hydrogen-bond acceptors (Lipinski definition) is 5. The lowest BCUT2D eigenvalue weighted by Gasteiger charge is -2.12. The first-order valence-electron chi connectivity index (χ1n) is 7.08. The van der Waals surface area contributed by atoms with Crippen LogP contribution in [0.2, 0.25) is 0 Å². The molecule has 2 unspecified atom stereocenters. The highest BCUT2D eigenvalue weighted by atomic mass is 32.2. The molecule has 0 aromatic heterocycles. The lowest BCUT2D eigenvalue weighted by atomic mass is 10.1. The Morgan fingerprint density at radius 1 is 1.09 bits per heavy atom. The summed E-state index contributed by atoms with van der Waals surface area (Å²) in [6, 6.07) is 17.5. The number of carbonyl (C=O) groups is 1. The Morgan fingerprint density at radius 2 is 1.65 bits per heavy atom. The molecule has 5 nitrogen and oxygen atoms in total. The van der Waals surface area contributed by atoms with Crippen molar-refractivity contribution in [3.63, 3.8) is 0 Å². The van der Waals surface area contributed by atoms with Gasteiger partial charge in [0.15, 0.2) is 9.84 Å². The highest BCUT2D eigenvalue weighted by Gasteiger charge is 2.73. The van der Waals surface area contributed by atoms with Gasteiger partial charge in [0.05, 0.1) is 12.9 Å². The number of sulfone groups is 1. The second kappa shape index (κ2) is 5.79. The summed E-state index contributed by atoms with van der Waals surface area (Å²) < 4.78 is 35.8. The molecule has 120 valence electrons. The first kappa shape index (κ1) is 15.7. The van der Waals surface area contributed by atoms with E-state index in [2.05, 4.69) is 0 Å². The first-order chi connectivity index (χ1) is 11.0. The van der Waals surface area contributed by atoms with Gasteiger partial charge in [-0.3, -0.25) is 0 Å². The molecule has 1 saturated heterocycles. The Labute approximate surface area is 134 Å². The maximum atomic E-state index is 12.8. The van der Waals surface area contributed by atoms with Gasteiger partial charge in [-0.2, -0.15) is 0 Å². The van der Waals surface area contributed by atoms with Crippen molar-refractivity contribution in [1.82, 2.24) is 0 Å². The average Bonchev–Trinajstić information content (AvgIpc) is 3.33. The topological polar surface area (TPSA) is 73.0 Å². The number of hydrogen-bond donors (Lipinski definition) is 0. The minimum absolute atomic E-state index is 0.285. The van der Waals surface area contributed by atoms with Gasteiger partial charge in [0.2, 0.25) is 0 Å². The molecular formula is C17H16O5S. The Morgan fingerprint density at radius 3 is 2.22 bits per heavy atom. The highest BCUT2D eigenvalue weighted by molar-refractivity contribution is 7.93. The summed E-state index contributed by atoms with van der Waals surface area (Å²) in [6.45, 7) is 0. The van der Waals surface area contributed by atoms with Gasteiger partial charge in [-0.1, -0.05) is 60.7 Å². The fourth-order valence-corrected chi connectivity index (χ4v) is 4.51. The van der Waals surface area contributed by atoms with E-state index >= 15 is 0 Å². The number of esters is 1. The van der Waals surface area contributed by atoms with Gasteiger partial charge in [0, 0.05) is 0 Å². The number of ether oxygens (including phenoxy) is 2. The second-order valence-electron chi connectivity index (χ2n) is 5.31. The van der Waals surface area contributed by atoms with Crippen LogP contribution in [-0.4, -0.2) is 26.4 Å². The number of benzene rings is 2. The predicted octanol–water partition coefficient (Wildman–Crippen LogP) is 2.24. The molecule has 0 saturated carbocycles. The normalized spacial score (nSPS) is 23.3. The van der Waals surface area contributed by atoms with Gasteiger partial charge in [-0.05, 0) is 11.1 Å². The van der Waals surface area contributed by atoms with E-state index in [4.69, 9.17) is 9.47 Å². The highest BCUT2D eigenvalue weighted by Crippen LogP contribution is 2.55. The molecule has 0 amide bonds. The molecule has 0 radical (unpaired) electrons. The minimum Gasteiger partial charge on any atom is -0.466 e. The Kier molecular flexibility index (Phi) is 3.95. The molecule has 0 aliphatic carbocycles. The summed E-state index contributed by atoms with van der Waals surface area (Å²) in [6.07, 6.45) is -0.843. The number of epoxide rings is 1. The first-order valence-corrected chi connectivity index (χ1v) is 8.74. The van der Waals surface area contributed by atoms with Crippen molar-refractivity contribution in [1.29, 1.82) is 0 Å². The van der Waals surface area contributed by atoms with Crippen LogP contribution in [0.25, 0.3) is 0 Å². The van der Waals surface area contributed by atoms with Crippen molar-refractivity contribution in [3.05, 3.63) is 71.8 Å². The molecule has 6 heteroatoms. The van der Waals surface area contributed by atoms with Crippen LogP contribution in [-0.2, 0) is 29.9 Å². The molecule has 0 bridgehead atoms. The van der Waals surface area contributed by atoms with Crippen LogP contribution in [0.1, 0.15) is 17.2 Å². The summed E-state index contributed by atoms with van der Waals surface area (Å²) in [4.78, 5) is 10.2. The van der Waals surface area contributed by atoms with E-state index in [1.54, 1.807) is 54.6 Å². The largest absolute Gasteiger partial charge is 0.466 e. The van der Waals surface area contributed by atoms with Crippen LogP contribution >= 0.6 is 0 Å². The summed E-state index contributed by atoms with van der Waals surface area (Å²) in [5.74, 6) is -1.17. The zero-order valence-electron chi connectivity index (χ0n) is 12.5. The summed E-state index contributed by atoms with van der Waals surface area (Å²) in [7, 11) is -2.75. The molecule has 3 rings (SSSR count). The third-order valence-corrected chi connectivity index (χ3v) is 5.93. The van der Waals surface area contributed by atoms with Crippen molar-refractivity contribution in [3.8, 4) is 0 Å². The molecule has 2 aromatic rings. The molecule has 1 fully saturated rings. The van der Waals surface area contributed by atoms with Gasteiger partial charge >= 0.3 is 5.97 Å². The van der Waals surface area contributed by atoms with Crippen molar-refractivity contribution >= 4 is 15.8 Å². The van der Waals surface area contributed by atoms with Crippen molar-refractivity contribution in [2.45, 2.75) is 16.8 Å². The number of methoxy groups -OCH3 is 1. The Bertz CT molecular complexity index is 801. The van der Waals surface area contributed by atoms with Crippen LogP contribution < -0.4 is 0 Å². The number of carbonyl (C=O) groups excluding carboxylic acids is 1. The van der Waals surface area contributed by atoms with E-state index in [0.29, 0.717) is 11.1 Å². The SMILES string of the molecule is COC(=O)C1(S(=O)(=O)Cc2ccccc2)OC1c1ccccc1. The van der Waals surface area contributed by atoms with E-state index in [1.165, 1.54) is 0 Å². The lowest BCUT2D eigenvalue weighted by Crippen LogP contribution is -2.37. The van der Waals surface area contributed by atoms with E-state index in [1.807, 2.05) is 6.07 Å². The van der Waals surface area contributed by atoms with Crippen LogP contribution in [0.5, 0.6) is 0 Å². The third kappa shape index (κ3) is 2.64. The smallest absolute Gasteiger partial charge is 0.357 e. The van der Waals surface area contributed by atoms with Crippen LogP contribution in [0.4, 0.5) is 0 Å². The standard InChI is InChI=1S/C17H16O5S/c1-21-16(18)17(15(22-17)14-10-6-3-7-11-14)23(19,20)12-13-8-4-2-5-9-13/h2-11,15H,12H2,1H3. The molecule has 23 heavy (non-hydrogen) atoms. The van der Waals surface area contributed by atoms with Crippen molar-refractivity contribution in [2.24, 2.45) is 0 Å². The van der Waals surface area contributed by atoms with E-state index < -0.39 is 26.8 Å². The molecule has 1 aliphatic heterocycles. The third-order valence-electron chi connectivity index (χ3n) is 3.81. The molecule has 1 heterocycles. The lowest BCUT2D eigenvalue weighted by molar-refractivity contribution is -0.143. The molecule has 2 aromatic carbocycles. The molecular weight excluding hydrogens is 316 g/mol. The minimum atomic E-state index is -3.91.